The second-order valence-corrected chi connectivity index (χ2v) is 4.91. The molecular formula is C11H19N3O. The van der Waals surface area contributed by atoms with Crippen LogP contribution in [-0.2, 0) is 4.74 Å². The summed E-state index contributed by atoms with van der Waals surface area (Å²) >= 11 is 0. The lowest BCUT2D eigenvalue weighted by Gasteiger charge is -2.35. The third-order valence-electron chi connectivity index (χ3n) is 2.90. The molecule has 0 aliphatic carbocycles. The minimum absolute atomic E-state index is 0.0603. The summed E-state index contributed by atoms with van der Waals surface area (Å²) in [6.07, 6.45) is 1.97. The molecule has 0 unspecified atom stereocenters. The average molecular weight is 209 g/mol. The first-order valence-electron chi connectivity index (χ1n) is 5.43. The number of hydrogen-bond donors (Lipinski definition) is 1. The monoisotopic (exact) mass is 209 g/mol. The average Bonchev–Trinajstić information content (AvgIpc) is 2.43. The van der Waals surface area contributed by atoms with Gasteiger partial charge in [0.05, 0.1) is 17.3 Å². The van der Waals surface area contributed by atoms with Gasteiger partial charge in [-0.3, -0.25) is 0 Å². The predicted octanol–water partition coefficient (Wildman–Crippen LogP) is 1.90. The van der Waals surface area contributed by atoms with Crippen LogP contribution in [0.1, 0.15) is 38.4 Å². The van der Waals surface area contributed by atoms with Crippen LogP contribution in [0.4, 0.5) is 5.82 Å². The van der Waals surface area contributed by atoms with Crippen molar-refractivity contribution in [2.75, 3.05) is 12.3 Å². The van der Waals surface area contributed by atoms with Crippen LogP contribution < -0.4 is 5.73 Å². The van der Waals surface area contributed by atoms with Gasteiger partial charge in [0.1, 0.15) is 5.82 Å². The molecule has 1 atom stereocenters. The van der Waals surface area contributed by atoms with Crippen molar-refractivity contribution in [2.24, 2.45) is 0 Å². The second-order valence-electron chi connectivity index (χ2n) is 4.91. The van der Waals surface area contributed by atoms with Gasteiger partial charge in [0.25, 0.3) is 0 Å². The highest BCUT2D eigenvalue weighted by Gasteiger charge is 2.30. The maximum absolute atomic E-state index is 5.92. The molecule has 0 spiro atoms. The Hall–Kier alpha value is -1.03. The fourth-order valence-corrected chi connectivity index (χ4v) is 2.24. The van der Waals surface area contributed by atoms with Gasteiger partial charge >= 0.3 is 0 Å². The fraction of sp³-hybridized carbons (Fsp3) is 0.727. The topological polar surface area (TPSA) is 53.1 Å². The molecule has 1 aromatic rings. The Morgan fingerprint density at radius 1 is 1.60 bits per heavy atom. The van der Waals surface area contributed by atoms with E-state index in [-0.39, 0.29) is 5.60 Å². The van der Waals surface area contributed by atoms with Crippen molar-refractivity contribution >= 4 is 5.82 Å². The standard InChI is InChI=1S/C11H19N3O/c1-8-6-10(12)14(13-8)9-4-5-15-11(2,3)7-9/h6,9H,4-5,7,12H2,1-3H3/t9-/m1/s1. The Bertz CT molecular complexity index is 357. The molecule has 15 heavy (non-hydrogen) atoms. The van der Waals surface area contributed by atoms with Crippen molar-refractivity contribution in [3.8, 4) is 0 Å². The van der Waals surface area contributed by atoms with E-state index in [1.807, 2.05) is 17.7 Å². The lowest BCUT2D eigenvalue weighted by atomic mass is 9.94. The molecule has 1 aromatic heterocycles. The summed E-state index contributed by atoms with van der Waals surface area (Å²) in [6, 6.07) is 2.30. The highest BCUT2D eigenvalue weighted by Crippen LogP contribution is 2.32. The minimum Gasteiger partial charge on any atom is -0.384 e. The van der Waals surface area contributed by atoms with Crippen LogP contribution in [0.25, 0.3) is 0 Å². The van der Waals surface area contributed by atoms with Gasteiger partial charge in [0, 0.05) is 12.7 Å². The summed E-state index contributed by atoms with van der Waals surface area (Å²) in [5.74, 6) is 0.759. The smallest absolute Gasteiger partial charge is 0.122 e. The van der Waals surface area contributed by atoms with Gasteiger partial charge in [-0.05, 0) is 33.6 Å². The molecular weight excluding hydrogens is 190 g/mol. The molecule has 2 N–H and O–H groups in total. The van der Waals surface area contributed by atoms with Gasteiger partial charge in [0.2, 0.25) is 0 Å². The fourth-order valence-electron chi connectivity index (χ4n) is 2.24. The lowest BCUT2D eigenvalue weighted by molar-refractivity contribution is -0.0704. The molecule has 4 nitrogen and oxygen atoms in total. The van der Waals surface area contributed by atoms with E-state index in [0.717, 1.165) is 31.0 Å². The third-order valence-corrected chi connectivity index (χ3v) is 2.90. The van der Waals surface area contributed by atoms with Gasteiger partial charge in [-0.2, -0.15) is 5.10 Å². The van der Waals surface area contributed by atoms with Gasteiger partial charge in [-0.25, -0.2) is 4.68 Å². The summed E-state index contributed by atoms with van der Waals surface area (Å²) in [4.78, 5) is 0. The van der Waals surface area contributed by atoms with E-state index in [2.05, 4.69) is 18.9 Å². The van der Waals surface area contributed by atoms with Crippen molar-refractivity contribution in [1.29, 1.82) is 0 Å². The molecule has 84 valence electrons. The van der Waals surface area contributed by atoms with Gasteiger partial charge in [-0.15, -0.1) is 0 Å². The van der Waals surface area contributed by atoms with Crippen molar-refractivity contribution in [2.45, 2.75) is 45.3 Å². The molecule has 2 heterocycles. The number of aryl methyl sites for hydroxylation is 1. The summed E-state index contributed by atoms with van der Waals surface area (Å²) in [7, 11) is 0. The molecule has 1 fully saturated rings. The first-order valence-corrected chi connectivity index (χ1v) is 5.43. The number of nitrogens with two attached hydrogens (primary N) is 1. The second kappa shape index (κ2) is 3.52. The van der Waals surface area contributed by atoms with Gasteiger partial charge < -0.3 is 10.5 Å². The Labute approximate surface area is 90.4 Å². The number of aromatic nitrogens is 2. The number of ether oxygens (including phenoxy) is 1. The number of nitrogen functional groups attached to an aromatic ring is 1. The van der Waals surface area contributed by atoms with Crippen molar-refractivity contribution < 1.29 is 4.74 Å². The Morgan fingerprint density at radius 2 is 2.33 bits per heavy atom. The van der Waals surface area contributed by atoms with Gasteiger partial charge in [0.15, 0.2) is 0 Å². The van der Waals surface area contributed by atoms with E-state index in [1.165, 1.54) is 0 Å². The van der Waals surface area contributed by atoms with Crippen LogP contribution in [0.15, 0.2) is 6.07 Å². The van der Waals surface area contributed by atoms with E-state index in [0.29, 0.717) is 6.04 Å². The molecule has 0 aromatic carbocycles. The minimum atomic E-state index is -0.0603. The first-order chi connectivity index (χ1) is 6.98. The molecule has 1 aliphatic heterocycles. The van der Waals surface area contributed by atoms with Crippen LogP contribution in [0, 0.1) is 6.92 Å². The maximum atomic E-state index is 5.92. The van der Waals surface area contributed by atoms with Crippen LogP contribution in [-0.4, -0.2) is 22.0 Å². The van der Waals surface area contributed by atoms with Crippen molar-refractivity contribution in [3.05, 3.63) is 11.8 Å². The zero-order valence-electron chi connectivity index (χ0n) is 9.66. The highest BCUT2D eigenvalue weighted by atomic mass is 16.5. The quantitative estimate of drug-likeness (QED) is 0.768. The maximum Gasteiger partial charge on any atom is 0.122 e. The molecule has 4 heteroatoms. The summed E-state index contributed by atoms with van der Waals surface area (Å²) in [5.41, 5.74) is 6.84. The zero-order valence-corrected chi connectivity index (χ0v) is 9.66. The summed E-state index contributed by atoms with van der Waals surface area (Å²) < 4.78 is 7.63. The third kappa shape index (κ3) is 2.15. The van der Waals surface area contributed by atoms with Gasteiger partial charge in [-0.1, -0.05) is 0 Å². The summed E-state index contributed by atoms with van der Waals surface area (Å²) in [6.45, 7) is 6.99. The largest absolute Gasteiger partial charge is 0.384 e. The van der Waals surface area contributed by atoms with Crippen LogP contribution >= 0.6 is 0 Å². The van der Waals surface area contributed by atoms with Crippen molar-refractivity contribution in [3.63, 3.8) is 0 Å². The number of hydrogen-bond acceptors (Lipinski definition) is 3. The first kappa shape index (κ1) is 10.5. The molecule has 2 rings (SSSR count). The predicted molar refractivity (Wildman–Crippen MR) is 59.7 cm³/mol. The van der Waals surface area contributed by atoms with Crippen LogP contribution in [0.5, 0.6) is 0 Å². The zero-order chi connectivity index (χ0) is 11.1. The molecule has 0 saturated carbocycles. The SMILES string of the molecule is Cc1cc(N)n([C@@H]2CCOC(C)(C)C2)n1. The molecule has 0 radical (unpaired) electrons. The molecule has 1 aliphatic rings. The lowest BCUT2D eigenvalue weighted by Crippen LogP contribution is -2.35. The normalized spacial score (nSPS) is 25.4. The van der Waals surface area contributed by atoms with Crippen LogP contribution in [0.3, 0.4) is 0 Å². The van der Waals surface area contributed by atoms with E-state index < -0.39 is 0 Å². The Kier molecular flexibility index (Phi) is 2.46. The number of anilines is 1. The van der Waals surface area contributed by atoms with E-state index in [1.54, 1.807) is 0 Å². The Balaban J connectivity index is 2.20. The molecule has 0 amide bonds. The summed E-state index contributed by atoms with van der Waals surface area (Å²) in [5, 5.41) is 4.44. The number of rotatable bonds is 1. The van der Waals surface area contributed by atoms with Crippen molar-refractivity contribution in [1.82, 2.24) is 9.78 Å². The van der Waals surface area contributed by atoms with E-state index in [9.17, 15) is 0 Å². The highest BCUT2D eigenvalue weighted by molar-refractivity contribution is 5.31. The molecule has 1 saturated heterocycles. The van der Waals surface area contributed by atoms with E-state index >= 15 is 0 Å². The Morgan fingerprint density at radius 3 is 2.87 bits per heavy atom. The van der Waals surface area contributed by atoms with E-state index in [4.69, 9.17) is 10.5 Å². The number of nitrogens with zero attached hydrogens (tertiary/aromatic N) is 2. The molecule has 0 bridgehead atoms. The van der Waals surface area contributed by atoms with Crippen LogP contribution in [0.2, 0.25) is 0 Å².